The second-order valence-electron chi connectivity index (χ2n) is 6.78. The van der Waals surface area contributed by atoms with Crippen LogP contribution in [0.5, 0.6) is 0 Å². The Morgan fingerprint density at radius 3 is 2.15 bits per heavy atom. The van der Waals surface area contributed by atoms with Gasteiger partial charge in [-0.15, -0.1) is 0 Å². The van der Waals surface area contributed by atoms with E-state index in [0.717, 1.165) is 12.8 Å². The van der Waals surface area contributed by atoms with E-state index in [4.69, 9.17) is 0 Å². The maximum Gasteiger partial charge on any atom is 0.274 e. The van der Waals surface area contributed by atoms with Crippen LogP contribution in [0, 0.1) is 0 Å². The zero-order chi connectivity index (χ0) is 18.6. The summed E-state index contributed by atoms with van der Waals surface area (Å²) in [6.07, 6.45) is 1.88. The number of piperidine rings is 1. The van der Waals surface area contributed by atoms with Crippen molar-refractivity contribution in [3.63, 3.8) is 0 Å². The molecule has 1 amide bonds. The molecule has 2 aromatic carbocycles. The molecule has 3 aromatic rings. The number of hydrogen-bond donors (Lipinski definition) is 0. The lowest BCUT2D eigenvalue weighted by atomic mass is 9.89. The van der Waals surface area contributed by atoms with E-state index < -0.39 is 0 Å². The number of para-hydroxylation sites is 1. The minimum atomic E-state index is -0.250. The number of likely N-dealkylation sites (tertiary alicyclic amines) is 1. The molecule has 1 saturated heterocycles. The SMILES string of the molecule is O=C(c1ccc(=O)n(-c2ccccc2)n1)N1CCC(c2ccccc2)CC1. The normalized spacial score (nSPS) is 14.9. The summed E-state index contributed by atoms with van der Waals surface area (Å²) < 4.78 is 1.28. The second-order valence-corrected chi connectivity index (χ2v) is 6.78. The van der Waals surface area contributed by atoms with E-state index in [1.807, 2.05) is 29.2 Å². The molecule has 0 bridgehead atoms. The molecular weight excluding hydrogens is 338 g/mol. The molecule has 5 nitrogen and oxygen atoms in total. The predicted octanol–water partition coefficient (Wildman–Crippen LogP) is 3.25. The Morgan fingerprint density at radius 2 is 1.48 bits per heavy atom. The molecule has 0 radical (unpaired) electrons. The fraction of sp³-hybridized carbons (Fsp3) is 0.227. The van der Waals surface area contributed by atoms with Gasteiger partial charge in [0.25, 0.3) is 11.5 Å². The first-order chi connectivity index (χ1) is 13.2. The van der Waals surface area contributed by atoms with E-state index in [2.05, 4.69) is 29.4 Å². The fourth-order valence-corrected chi connectivity index (χ4v) is 3.58. The number of carbonyl (C=O) groups is 1. The molecule has 1 aliphatic rings. The molecule has 0 saturated carbocycles. The average molecular weight is 359 g/mol. The van der Waals surface area contributed by atoms with Gasteiger partial charge in [-0.25, -0.2) is 0 Å². The van der Waals surface area contributed by atoms with Crippen molar-refractivity contribution >= 4 is 5.91 Å². The summed E-state index contributed by atoms with van der Waals surface area (Å²) in [5.41, 5.74) is 2.04. The molecule has 27 heavy (non-hydrogen) atoms. The Labute approximate surface area is 157 Å². The minimum Gasteiger partial charge on any atom is -0.337 e. The Hall–Kier alpha value is -3.21. The quantitative estimate of drug-likeness (QED) is 0.721. The summed E-state index contributed by atoms with van der Waals surface area (Å²) >= 11 is 0. The van der Waals surface area contributed by atoms with Gasteiger partial charge in [0.1, 0.15) is 5.69 Å². The Balaban J connectivity index is 1.50. The van der Waals surface area contributed by atoms with Crippen LogP contribution >= 0.6 is 0 Å². The number of benzene rings is 2. The Kier molecular flexibility index (Phi) is 4.83. The Bertz CT molecular complexity index is 975. The van der Waals surface area contributed by atoms with Crippen molar-refractivity contribution in [3.8, 4) is 5.69 Å². The van der Waals surface area contributed by atoms with Crippen molar-refractivity contribution in [2.45, 2.75) is 18.8 Å². The van der Waals surface area contributed by atoms with Crippen LogP contribution in [0.1, 0.15) is 34.8 Å². The third kappa shape index (κ3) is 3.67. The van der Waals surface area contributed by atoms with E-state index >= 15 is 0 Å². The Morgan fingerprint density at radius 1 is 0.852 bits per heavy atom. The van der Waals surface area contributed by atoms with Crippen molar-refractivity contribution in [3.05, 3.63) is 94.4 Å². The number of amides is 1. The van der Waals surface area contributed by atoms with Crippen molar-refractivity contribution in [2.75, 3.05) is 13.1 Å². The second kappa shape index (κ2) is 7.58. The number of hydrogen-bond acceptors (Lipinski definition) is 3. The highest BCUT2D eigenvalue weighted by Crippen LogP contribution is 2.28. The molecule has 0 N–H and O–H groups in total. The van der Waals surface area contributed by atoms with E-state index in [-0.39, 0.29) is 11.5 Å². The standard InChI is InChI=1S/C22H21N3O2/c26-21-12-11-20(23-25(21)19-9-5-2-6-10-19)22(27)24-15-13-18(14-16-24)17-7-3-1-4-8-17/h1-12,18H,13-16H2. The summed E-state index contributed by atoms with van der Waals surface area (Å²) in [4.78, 5) is 26.9. The van der Waals surface area contributed by atoms with Gasteiger partial charge in [0.15, 0.2) is 0 Å². The highest BCUT2D eigenvalue weighted by molar-refractivity contribution is 5.92. The predicted molar refractivity (Wildman–Crippen MR) is 104 cm³/mol. The number of rotatable bonds is 3. The summed E-state index contributed by atoms with van der Waals surface area (Å²) in [6.45, 7) is 1.40. The largest absolute Gasteiger partial charge is 0.337 e. The number of aromatic nitrogens is 2. The smallest absolute Gasteiger partial charge is 0.274 e. The summed E-state index contributed by atoms with van der Waals surface area (Å²) in [5.74, 6) is 0.368. The van der Waals surface area contributed by atoms with Gasteiger partial charge in [-0.2, -0.15) is 9.78 Å². The van der Waals surface area contributed by atoms with Gasteiger partial charge >= 0.3 is 0 Å². The maximum atomic E-state index is 12.9. The molecule has 5 heteroatoms. The number of nitrogens with zero attached hydrogens (tertiary/aromatic N) is 3. The van der Waals surface area contributed by atoms with Crippen LogP contribution in [0.15, 0.2) is 77.6 Å². The van der Waals surface area contributed by atoms with Gasteiger partial charge in [0, 0.05) is 19.2 Å². The zero-order valence-electron chi connectivity index (χ0n) is 15.0. The van der Waals surface area contributed by atoms with Crippen LogP contribution in [-0.4, -0.2) is 33.7 Å². The highest BCUT2D eigenvalue weighted by Gasteiger charge is 2.25. The molecule has 0 atom stereocenters. The molecular formula is C22H21N3O2. The van der Waals surface area contributed by atoms with E-state index in [0.29, 0.717) is 30.4 Å². The lowest BCUT2D eigenvalue weighted by molar-refractivity contribution is 0.0705. The lowest BCUT2D eigenvalue weighted by Crippen LogP contribution is -2.39. The first-order valence-electron chi connectivity index (χ1n) is 9.22. The van der Waals surface area contributed by atoms with Gasteiger partial charge in [0.2, 0.25) is 0 Å². The van der Waals surface area contributed by atoms with E-state index in [1.165, 1.54) is 22.4 Å². The average Bonchev–Trinajstić information content (AvgIpc) is 2.75. The highest BCUT2D eigenvalue weighted by atomic mass is 16.2. The molecule has 2 heterocycles. The van der Waals surface area contributed by atoms with Crippen LogP contribution in [-0.2, 0) is 0 Å². The summed E-state index contributed by atoms with van der Waals surface area (Å²) in [6, 6.07) is 22.5. The van der Waals surface area contributed by atoms with Crippen LogP contribution < -0.4 is 5.56 Å². The van der Waals surface area contributed by atoms with Gasteiger partial charge in [-0.1, -0.05) is 48.5 Å². The van der Waals surface area contributed by atoms with Crippen molar-refractivity contribution in [1.82, 2.24) is 14.7 Å². The van der Waals surface area contributed by atoms with Gasteiger partial charge in [0.05, 0.1) is 5.69 Å². The summed E-state index contributed by atoms with van der Waals surface area (Å²) in [7, 11) is 0. The summed E-state index contributed by atoms with van der Waals surface area (Å²) in [5, 5.41) is 4.31. The number of carbonyl (C=O) groups excluding carboxylic acids is 1. The third-order valence-electron chi connectivity index (χ3n) is 5.07. The molecule has 0 spiro atoms. The van der Waals surface area contributed by atoms with Gasteiger partial charge in [-0.05, 0) is 42.5 Å². The topological polar surface area (TPSA) is 55.2 Å². The molecule has 136 valence electrons. The van der Waals surface area contributed by atoms with Crippen molar-refractivity contribution < 1.29 is 4.79 Å². The zero-order valence-corrected chi connectivity index (χ0v) is 15.0. The van der Waals surface area contributed by atoms with Crippen molar-refractivity contribution in [2.24, 2.45) is 0 Å². The first kappa shape index (κ1) is 17.2. The minimum absolute atomic E-state index is 0.119. The molecule has 1 fully saturated rings. The molecule has 1 aliphatic heterocycles. The lowest BCUT2D eigenvalue weighted by Gasteiger charge is -2.32. The fourth-order valence-electron chi connectivity index (χ4n) is 3.58. The van der Waals surface area contributed by atoms with Crippen LogP contribution in [0.3, 0.4) is 0 Å². The first-order valence-corrected chi connectivity index (χ1v) is 9.22. The maximum absolute atomic E-state index is 12.9. The van der Waals surface area contributed by atoms with Crippen LogP contribution in [0.25, 0.3) is 5.69 Å². The monoisotopic (exact) mass is 359 g/mol. The van der Waals surface area contributed by atoms with Crippen LogP contribution in [0.4, 0.5) is 0 Å². The molecule has 4 rings (SSSR count). The van der Waals surface area contributed by atoms with E-state index in [1.54, 1.807) is 12.1 Å². The molecule has 0 unspecified atom stereocenters. The molecule has 0 aliphatic carbocycles. The van der Waals surface area contributed by atoms with Gasteiger partial charge < -0.3 is 4.90 Å². The van der Waals surface area contributed by atoms with Crippen LogP contribution in [0.2, 0.25) is 0 Å². The molecule has 1 aromatic heterocycles. The van der Waals surface area contributed by atoms with Crippen molar-refractivity contribution in [1.29, 1.82) is 0 Å². The van der Waals surface area contributed by atoms with Gasteiger partial charge in [-0.3, -0.25) is 9.59 Å². The third-order valence-corrected chi connectivity index (χ3v) is 5.07. The van der Waals surface area contributed by atoms with E-state index in [9.17, 15) is 9.59 Å².